The molecule has 4 N–H and O–H groups in total. The van der Waals surface area contributed by atoms with Gasteiger partial charge in [0.25, 0.3) is 0 Å². The maximum absolute atomic E-state index is 10.9. The van der Waals surface area contributed by atoms with Crippen molar-refractivity contribution >= 4 is 17.7 Å². The lowest BCUT2D eigenvalue weighted by Gasteiger charge is -2.13. The lowest BCUT2D eigenvalue weighted by atomic mass is 9.97. The molecule has 0 aliphatic rings. The number of nitriles is 1. The van der Waals surface area contributed by atoms with E-state index in [0.717, 1.165) is 13.0 Å². The van der Waals surface area contributed by atoms with Crippen LogP contribution < -0.4 is 11.1 Å². The third kappa shape index (κ3) is 4.41. The van der Waals surface area contributed by atoms with Crippen LogP contribution in [0.5, 0.6) is 0 Å². The molecule has 0 fully saturated rings. The lowest BCUT2D eigenvalue weighted by Crippen LogP contribution is -2.08. The van der Waals surface area contributed by atoms with Gasteiger partial charge in [0.1, 0.15) is 17.5 Å². The summed E-state index contributed by atoms with van der Waals surface area (Å²) in [5.41, 5.74) is 7.81. The van der Waals surface area contributed by atoms with Crippen molar-refractivity contribution in [2.24, 2.45) is 0 Å². The Bertz CT molecular complexity index is 798. The number of nitrogen functional groups attached to an aromatic ring is 1. The summed E-state index contributed by atoms with van der Waals surface area (Å²) in [6.45, 7) is 4.56. The Hall–Kier alpha value is -3.21. The summed E-state index contributed by atoms with van der Waals surface area (Å²) in [7, 11) is 0. The number of anilines is 2. The molecule has 0 spiro atoms. The number of carbonyl (C=O) groups is 1. The summed E-state index contributed by atoms with van der Waals surface area (Å²) in [6, 6.07) is 3.72. The quantitative estimate of drug-likeness (QED) is 0.698. The van der Waals surface area contributed by atoms with Crippen molar-refractivity contribution in [2.45, 2.75) is 32.6 Å². The Labute approximate surface area is 145 Å². The second-order valence-corrected chi connectivity index (χ2v) is 5.69. The summed E-state index contributed by atoms with van der Waals surface area (Å²) >= 11 is 0. The molecule has 0 amide bonds. The third-order valence-electron chi connectivity index (χ3n) is 3.66. The molecular weight excluding hydrogens is 320 g/mol. The van der Waals surface area contributed by atoms with E-state index in [2.05, 4.69) is 20.3 Å². The van der Waals surface area contributed by atoms with Crippen LogP contribution >= 0.6 is 0 Å². The Balaban J connectivity index is 2.43. The number of rotatable bonds is 7. The average Bonchev–Trinajstić information content (AvgIpc) is 2.59. The van der Waals surface area contributed by atoms with Crippen LogP contribution in [-0.2, 0) is 4.79 Å². The molecule has 2 aromatic rings. The minimum Gasteiger partial charge on any atom is -0.481 e. The van der Waals surface area contributed by atoms with Gasteiger partial charge in [-0.15, -0.1) is 0 Å². The van der Waals surface area contributed by atoms with Gasteiger partial charge in [-0.25, -0.2) is 15.0 Å². The summed E-state index contributed by atoms with van der Waals surface area (Å²) in [5.74, 6) is -0.683. The minimum absolute atomic E-state index is 0.0698. The van der Waals surface area contributed by atoms with Gasteiger partial charge in [0.2, 0.25) is 5.95 Å². The van der Waals surface area contributed by atoms with E-state index in [1.807, 2.05) is 13.0 Å². The fraction of sp³-hybridized carbons (Fsp3) is 0.353. The molecule has 2 rings (SSSR count). The van der Waals surface area contributed by atoms with Crippen molar-refractivity contribution < 1.29 is 9.90 Å². The van der Waals surface area contributed by atoms with E-state index in [9.17, 15) is 10.1 Å². The highest BCUT2D eigenvalue weighted by atomic mass is 16.4. The highest BCUT2D eigenvalue weighted by Crippen LogP contribution is 2.30. The fourth-order valence-electron chi connectivity index (χ4n) is 2.34. The van der Waals surface area contributed by atoms with Crippen LogP contribution in [0.3, 0.4) is 0 Å². The summed E-state index contributed by atoms with van der Waals surface area (Å²) in [4.78, 5) is 23.6. The van der Waals surface area contributed by atoms with Crippen LogP contribution in [-0.4, -0.2) is 32.6 Å². The fourth-order valence-corrected chi connectivity index (χ4v) is 2.34. The number of pyridine rings is 1. The van der Waals surface area contributed by atoms with Gasteiger partial charge in [-0.05, 0) is 12.5 Å². The molecule has 0 aliphatic heterocycles. The number of nitrogens with zero attached hydrogens (tertiary/aromatic N) is 4. The number of carboxylic acid groups (broad SMARTS) is 1. The lowest BCUT2D eigenvalue weighted by molar-refractivity contribution is -0.137. The van der Waals surface area contributed by atoms with Crippen molar-refractivity contribution in [1.29, 1.82) is 5.26 Å². The summed E-state index contributed by atoms with van der Waals surface area (Å²) < 4.78 is 0. The van der Waals surface area contributed by atoms with Gasteiger partial charge in [-0.1, -0.05) is 13.8 Å². The first-order chi connectivity index (χ1) is 12.0. The van der Waals surface area contributed by atoms with Crippen molar-refractivity contribution in [3.05, 3.63) is 29.7 Å². The molecular formula is C17H20N6O2. The highest BCUT2D eigenvalue weighted by Gasteiger charge is 2.18. The van der Waals surface area contributed by atoms with Crippen LogP contribution in [0.1, 0.15) is 43.9 Å². The molecule has 130 valence electrons. The number of nitrogens with one attached hydrogen (secondary N) is 1. The van der Waals surface area contributed by atoms with Gasteiger partial charge in [-0.3, -0.25) is 4.79 Å². The van der Waals surface area contributed by atoms with E-state index in [0.29, 0.717) is 22.8 Å². The summed E-state index contributed by atoms with van der Waals surface area (Å²) in [5, 5.41) is 21.4. The highest BCUT2D eigenvalue weighted by molar-refractivity contribution is 5.75. The van der Waals surface area contributed by atoms with Crippen LogP contribution in [0.25, 0.3) is 11.1 Å². The molecule has 25 heavy (non-hydrogen) atoms. The van der Waals surface area contributed by atoms with Crippen molar-refractivity contribution in [3.63, 3.8) is 0 Å². The first-order valence-corrected chi connectivity index (χ1v) is 7.94. The first-order valence-electron chi connectivity index (χ1n) is 7.94. The molecule has 8 nitrogen and oxygen atoms in total. The molecule has 0 radical (unpaired) electrons. The Kier molecular flexibility index (Phi) is 5.84. The Morgan fingerprint density at radius 3 is 2.68 bits per heavy atom. The topological polar surface area (TPSA) is 138 Å². The second kappa shape index (κ2) is 8.06. The monoisotopic (exact) mass is 340 g/mol. The maximum Gasteiger partial charge on any atom is 0.304 e. The predicted molar refractivity (Wildman–Crippen MR) is 93.8 cm³/mol. The standard InChI is InChI=1S/C17H20N6O2/c1-3-4-20-17-21-8-11(9-22-17)12-6-14(10(2)5-15(24)25)23-16(19)13(12)7-18/h6,8-10H,3-5H2,1-2H3,(H2,19,23)(H,24,25)(H,20,21,22). The van der Waals surface area contributed by atoms with Gasteiger partial charge in [0.05, 0.1) is 6.42 Å². The Morgan fingerprint density at radius 2 is 2.12 bits per heavy atom. The average molecular weight is 340 g/mol. The molecule has 0 saturated heterocycles. The van der Waals surface area contributed by atoms with E-state index in [-0.39, 0.29) is 23.7 Å². The molecule has 8 heteroatoms. The molecule has 0 aromatic carbocycles. The van der Waals surface area contributed by atoms with E-state index in [4.69, 9.17) is 10.8 Å². The number of aromatic nitrogens is 3. The number of aliphatic carboxylic acids is 1. The molecule has 2 aromatic heterocycles. The summed E-state index contributed by atoms with van der Waals surface area (Å²) in [6.07, 6.45) is 4.09. The van der Waals surface area contributed by atoms with E-state index in [1.54, 1.807) is 25.4 Å². The number of carboxylic acids is 1. The molecule has 1 unspecified atom stereocenters. The molecule has 0 saturated carbocycles. The zero-order chi connectivity index (χ0) is 18.4. The molecule has 2 heterocycles. The largest absolute Gasteiger partial charge is 0.481 e. The van der Waals surface area contributed by atoms with Gasteiger partial charge in [0.15, 0.2) is 0 Å². The SMILES string of the molecule is CCCNc1ncc(-c2cc(C(C)CC(=O)O)nc(N)c2C#N)cn1. The zero-order valence-corrected chi connectivity index (χ0v) is 14.2. The van der Waals surface area contributed by atoms with E-state index < -0.39 is 5.97 Å². The molecule has 1 atom stereocenters. The zero-order valence-electron chi connectivity index (χ0n) is 14.2. The second-order valence-electron chi connectivity index (χ2n) is 5.69. The number of hydrogen-bond acceptors (Lipinski definition) is 7. The molecule has 0 aliphatic carbocycles. The number of hydrogen-bond donors (Lipinski definition) is 3. The first kappa shape index (κ1) is 18.1. The van der Waals surface area contributed by atoms with E-state index >= 15 is 0 Å². The van der Waals surface area contributed by atoms with Crippen LogP contribution in [0.2, 0.25) is 0 Å². The smallest absolute Gasteiger partial charge is 0.304 e. The van der Waals surface area contributed by atoms with Gasteiger partial charge in [-0.2, -0.15) is 5.26 Å². The Morgan fingerprint density at radius 1 is 1.44 bits per heavy atom. The minimum atomic E-state index is -0.923. The van der Waals surface area contributed by atoms with Crippen LogP contribution in [0, 0.1) is 11.3 Å². The maximum atomic E-state index is 10.9. The van der Waals surface area contributed by atoms with Gasteiger partial charge >= 0.3 is 5.97 Å². The normalized spacial score (nSPS) is 11.6. The van der Waals surface area contributed by atoms with Crippen LogP contribution in [0.4, 0.5) is 11.8 Å². The van der Waals surface area contributed by atoms with Crippen molar-refractivity contribution in [2.75, 3.05) is 17.6 Å². The predicted octanol–water partition coefficient (Wildman–Crippen LogP) is 2.39. The van der Waals surface area contributed by atoms with Crippen LogP contribution in [0.15, 0.2) is 18.5 Å². The van der Waals surface area contributed by atoms with Gasteiger partial charge < -0.3 is 16.2 Å². The van der Waals surface area contributed by atoms with Crippen molar-refractivity contribution in [3.8, 4) is 17.2 Å². The third-order valence-corrected chi connectivity index (χ3v) is 3.66. The number of nitrogens with two attached hydrogens (primary N) is 1. The van der Waals surface area contributed by atoms with Crippen molar-refractivity contribution in [1.82, 2.24) is 15.0 Å². The van der Waals surface area contributed by atoms with Gasteiger partial charge in [0, 0.05) is 41.7 Å². The van der Waals surface area contributed by atoms with E-state index in [1.165, 1.54) is 0 Å². The molecule has 0 bridgehead atoms.